The number of alkyl halides is 4. The summed E-state index contributed by atoms with van der Waals surface area (Å²) in [6.07, 6.45) is -4.25. The highest BCUT2D eigenvalue weighted by Crippen LogP contribution is 2.41. The summed E-state index contributed by atoms with van der Waals surface area (Å²) in [6.45, 7) is 7.69. The fraction of sp³-hybridized carbons (Fsp3) is 0.529. The minimum atomic E-state index is -3.39. The highest BCUT2D eigenvalue weighted by atomic mass is 19.3. The van der Waals surface area contributed by atoms with E-state index in [1.54, 1.807) is 96.1 Å². The normalized spacial score (nSPS) is 21.0. The molecule has 2 aromatic carbocycles. The smallest absolute Gasteiger partial charge is 0.410 e. The van der Waals surface area contributed by atoms with Crippen molar-refractivity contribution >= 4 is 24.4 Å². The minimum absolute atomic E-state index is 0.0270. The lowest BCUT2D eigenvalue weighted by Gasteiger charge is -2.36. The van der Waals surface area contributed by atoms with Crippen LogP contribution in [0.4, 0.5) is 36.7 Å². The van der Waals surface area contributed by atoms with Crippen molar-refractivity contribution < 1.29 is 56.1 Å². The van der Waals surface area contributed by atoms with Crippen LogP contribution >= 0.6 is 0 Å². The van der Waals surface area contributed by atoms with Gasteiger partial charge in [0.05, 0.1) is 25.7 Å². The van der Waals surface area contributed by atoms with Crippen LogP contribution in [-0.4, -0.2) is 94.5 Å². The molecule has 2 fully saturated rings. The Kier molecular flexibility index (Phi) is 12.6. The Bertz CT molecular complexity index is 1470. The zero-order valence-corrected chi connectivity index (χ0v) is 28.8. The van der Waals surface area contributed by atoms with Crippen molar-refractivity contribution in [2.75, 3.05) is 19.6 Å². The van der Waals surface area contributed by atoms with Gasteiger partial charge in [0.2, 0.25) is 0 Å². The number of hydrogen-bond acceptors (Lipinski definition) is 7. The van der Waals surface area contributed by atoms with Crippen LogP contribution in [0.3, 0.4) is 0 Å². The van der Waals surface area contributed by atoms with Gasteiger partial charge in [-0.15, -0.1) is 0 Å². The summed E-state index contributed by atoms with van der Waals surface area (Å²) in [5.74, 6) is -6.65. The van der Waals surface area contributed by atoms with E-state index in [-0.39, 0.29) is 19.8 Å². The molecule has 0 radical (unpaired) electrons. The Morgan fingerprint density at radius 2 is 1.26 bits per heavy atom. The molecule has 0 aliphatic carbocycles. The van der Waals surface area contributed by atoms with Gasteiger partial charge in [0, 0.05) is 0 Å². The number of nitrogens with zero attached hydrogens (tertiary/aromatic N) is 2. The maximum absolute atomic E-state index is 14.3. The number of carbonyl (C=O) groups is 4. The van der Waals surface area contributed by atoms with Crippen LogP contribution in [-0.2, 0) is 27.4 Å². The quantitative estimate of drug-likeness (QED) is 0.228. The summed E-state index contributed by atoms with van der Waals surface area (Å²) in [7, 11) is 0. The average Bonchev–Trinajstić information content (AvgIpc) is 3.46. The van der Waals surface area contributed by atoms with Crippen LogP contribution in [0, 0.1) is 5.41 Å². The molecular weight excluding hydrogens is 668 g/mol. The molecule has 4 rings (SSSR count). The maximum atomic E-state index is 14.3. The van der Waals surface area contributed by atoms with E-state index in [0.29, 0.717) is 4.90 Å². The molecule has 0 bridgehead atoms. The second-order valence-corrected chi connectivity index (χ2v) is 14.0. The Balaban J connectivity index is 0.000000270. The van der Waals surface area contributed by atoms with Gasteiger partial charge in [-0.3, -0.25) is 9.80 Å². The largest absolute Gasteiger partial charge is 0.465 e. The first-order valence-corrected chi connectivity index (χ1v) is 15.8. The Hall–Kier alpha value is -4.76. The molecule has 0 saturated carbocycles. The van der Waals surface area contributed by atoms with Gasteiger partial charge in [0.1, 0.15) is 30.9 Å². The fourth-order valence-electron chi connectivity index (χ4n) is 5.37. The van der Waals surface area contributed by atoms with E-state index in [2.05, 4.69) is 10.6 Å². The molecule has 2 aromatic rings. The summed E-state index contributed by atoms with van der Waals surface area (Å²) < 4.78 is 71.8. The van der Waals surface area contributed by atoms with E-state index in [1.165, 1.54) is 0 Å². The topological polar surface area (TPSA) is 147 Å². The molecule has 16 heteroatoms. The van der Waals surface area contributed by atoms with Crippen molar-refractivity contribution in [2.24, 2.45) is 5.41 Å². The van der Waals surface area contributed by atoms with Gasteiger partial charge in [-0.1, -0.05) is 81.4 Å². The van der Waals surface area contributed by atoms with Crippen molar-refractivity contribution in [3.05, 3.63) is 71.8 Å². The number of benzene rings is 2. The molecule has 3 atom stereocenters. The monoisotopic (exact) mass is 712 g/mol. The van der Waals surface area contributed by atoms with E-state index < -0.39 is 78.4 Å². The number of ether oxygens (including phenoxy) is 3. The number of rotatable bonds is 6. The summed E-state index contributed by atoms with van der Waals surface area (Å²) in [6, 6.07) is 13.4. The zero-order chi connectivity index (χ0) is 37.5. The Labute approximate surface area is 288 Å². The van der Waals surface area contributed by atoms with E-state index in [1.807, 2.05) is 6.07 Å². The maximum Gasteiger partial charge on any atom is 0.410 e. The second-order valence-electron chi connectivity index (χ2n) is 14.0. The molecule has 2 aliphatic rings. The number of halogens is 4. The third-order valence-electron chi connectivity index (χ3n) is 7.58. The van der Waals surface area contributed by atoms with E-state index in [9.17, 15) is 41.8 Å². The SMILES string of the molecule is CC(C)(C)C1[C@@H](NC(=O)OCc2ccccc2)C(F)(F)CN1C(=O)O.CC(C)(C)OC(=O)N1C[C@@H](NC(=O)OCc2ccccc2)C(F)(F)C1. The number of carboxylic acid groups (broad SMARTS) is 1. The number of nitrogens with one attached hydrogen (secondary N) is 2. The Morgan fingerprint density at radius 1 is 0.780 bits per heavy atom. The van der Waals surface area contributed by atoms with E-state index in [0.717, 1.165) is 16.0 Å². The molecule has 2 aliphatic heterocycles. The van der Waals surface area contributed by atoms with Crippen molar-refractivity contribution in [2.45, 2.75) is 90.3 Å². The zero-order valence-electron chi connectivity index (χ0n) is 28.8. The summed E-state index contributed by atoms with van der Waals surface area (Å²) >= 11 is 0. The molecule has 0 spiro atoms. The lowest BCUT2D eigenvalue weighted by molar-refractivity contribution is -0.0164. The third-order valence-corrected chi connectivity index (χ3v) is 7.58. The van der Waals surface area contributed by atoms with Gasteiger partial charge >= 0.3 is 24.4 Å². The van der Waals surface area contributed by atoms with Crippen LogP contribution in [0.5, 0.6) is 0 Å². The highest BCUT2D eigenvalue weighted by molar-refractivity contribution is 5.71. The highest BCUT2D eigenvalue weighted by Gasteiger charge is 2.60. The molecule has 1 unspecified atom stereocenters. The molecule has 4 amide bonds. The van der Waals surface area contributed by atoms with Crippen LogP contribution in [0.25, 0.3) is 0 Å². The molecule has 12 nitrogen and oxygen atoms in total. The predicted octanol–water partition coefficient (Wildman–Crippen LogP) is 6.49. The molecule has 2 saturated heterocycles. The molecular formula is C34H44F4N4O8. The lowest BCUT2D eigenvalue weighted by atomic mass is 9.82. The van der Waals surface area contributed by atoms with Gasteiger partial charge in [-0.2, -0.15) is 0 Å². The van der Waals surface area contributed by atoms with Crippen molar-refractivity contribution in [3.8, 4) is 0 Å². The molecule has 2 heterocycles. The van der Waals surface area contributed by atoms with E-state index in [4.69, 9.17) is 14.2 Å². The minimum Gasteiger partial charge on any atom is -0.465 e. The van der Waals surface area contributed by atoms with Crippen LogP contribution in [0.15, 0.2) is 60.7 Å². The number of alkyl carbamates (subject to hydrolysis) is 2. The predicted molar refractivity (Wildman–Crippen MR) is 173 cm³/mol. The number of likely N-dealkylation sites (tertiary alicyclic amines) is 2. The van der Waals surface area contributed by atoms with Gasteiger partial charge in [0.15, 0.2) is 0 Å². The molecule has 3 N–H and O–H groups in total. The fourth-order valence-corrected chi connectivity index (χ4v) is 5.37. The molecule has 0 aromatic heterocycles. The summed E-state index contributed by atoms with van der Waals surface area (Å²) in [4.78, 5) is 48.6. The van der Waals surface area contributed by atoms with Gasteiger partial charge in [-0.25, -0.2) is 36.7 Å². The second kappa shape index (κ2) is 15.9. The third kappa shape index (κ3) is 11.4. The average molecular weight is 713 g/mol. The van der Waals surface area contributed by atoms with Gasteiger partial charge in [0.25, 0.3) is 11.8 Å². The molecule has 276 valence electrons. The van der Waals surface area contributed by atoms with Crippen LogP contribution in [0.1, 0.15) is 52.7 Å². The Morgan fingerprint density at radius 3 is 1.70 bits per heavy atom. The summed E-state index contributed by atoms with van der Waals surface area (Å²) in [5.41, 5.74) is -0.121. The van der Waals surface area contributed by atoms with E-state index >= 15 is 0 Å². The first-order valence-electron chi connectivity index (χ1n) is 15.8. The van der Waals surface area contributed by atoms with Crippen molar-refractivity contribution in [1.29, 1.82) is 0 Å². The standard InChI is InChI=1S/2C17H22F2N2O4/c1-16(2,3)25-15(23)21-9-13(17(18,19)11-21)20-14(22)24-10-12-7-5-4-6-8-12;1-16(2,3)13-12(17(18,19)10-21(13)15(23)24)20-14(22)25-9-11-7-5-4-6-8-11/h4-8,13H,9-11H2,1-3H3,(H,20,22);4-8,12-13H,9-10H2,1-3H3,(H,20,22)(H,23,24)/t13-;12-,13?/m11/s1. The molecule has 50 heavy (non-hydrogen) atoms. The van der Waals surface area contributed by atoms with Crippen LogP contribution in [0.2, 0.25) is 0 Å². The lowest BCUT2D eigenvalue weighted by Crippen LogP contribution is -2.56. The number of hydrogen-bond donors (Lipinski definition) is 3. The first kappa shape index (κ1) is 39.7. The van der Waals surface area contributed by atoms with Gasteiger partial charge < -0.3 is 30.0 Å². The van der Waals surface area contributed by atoms with Crippen molar-refractivity contribution in [3.63, 3.8) is 0 Å². The number of carbonyl (C=O) groups excluding carboxylic acids is 3. The van der Waals surface area contributed by atoms with Gasteiger partial charge in [-0.05, 0) is 37.3 Å². The summed E-state index contributed by atoms with van der Waals surface area (Å²) in [5, 5.41) is 13.5. The van der Waals surface area contributed by atoms with Crippen molar-refractivity contribution in [1.82, 2.24) is 20.4 Å². The van der Waals surface area contributed by atoms with Crippen LogP contribution < -0.4 is 10.6 Å². The first-order chi connectivity index (χ1) is 23.1. The number of amides is 4.